The Balaban J connectivity index is 1.76. The van der Waals surface area contributed by atoms with Crippen molar-refractivity contribution in [3.63, 3.8) is 0 Å². The lowest BCUT2D eigenvalue weighted by Crippen LogP contribution is -2.29. The highest BCUT2D eigenvalue weighted by atomic mass is 16.5. The summed E-state index contributed by atoms with van der Waals surface area (Å²) >= 11 is 0. The SMILES string of the molecule is CCOC(=O)Cc1ccc(N2C(=O)C(=O)/C(=C(\O)c3cccc(OCC(C)C)c3)C2c2ccccc2)cc1. The van der Waals surface area contributed by atoms with E-state index in [-0.39, 0.29) is 23.7 Å². The molecule has 4 rings (SSSR count). The van der Waals surface area contributed by atoms with Crippen molar-refractivity contribution < 1.29 is 29.0 Å². The van der Waals surface area contributed by atoms with Gasteiger partial charge < -0.3 is 14.6 Å². The number of rotatable bonds is 9. The lowest BCUT2D eigenvalue weighted by Gasteiger charge is -2.25. The van der Waals surface area contributed by atoms with Crippen LogP contribution in [0.25, 0.3) is 5.76 Å². The molecule has 38 heavy (non-hydrogen) atoms. The highest BCUT2D eigenvalue weighted by molar-refractivity contribution is 6.51. The number of ether oxygens (including phenoxy) is 2. The quantitative estimate of drug-likeness (QED) is 0.177. The molecule has 0 aliphatic carbocycles. The summed E-state index contributed by atoms with van der Waals surface area (Å²) in [6.45, 7) is 6.62. The zero-order valence-corrected chi connectivity index (χ0v) is 21.7. The van der Waals surface area contributed by atoms with Crippen molar-refractivity contribution in [2.45, 2.75) is 33.2 Å². The zero-order valence-electron chi connectivity index (χ0n) is 21.7. The van der Waals surface area contributed by atoms with Gasteiger partial charge in [0.25, 0.3) is 11.7 Å². The molecule has 1 N–H and O–H groups in total. The number of aliphatic hydroxyl groups is 1. The van der Waals surface area contributed by atoms with Crippen LogP contribution in [0.4, 0.5) is 5.69 Å². The number of ketones is 1. The Morgan fingerprint density at radius 2 is 1.68 bits per heavy atom. The van der Waals surface area contributed by atoms with Crippen molar-refractivity contribution in [3.8, 4) is 5.75 Å². The molecule has 3 aromatic carbocycles. The molecule has 1 aliphatic heterocycles. The fraction of sp³-hybridized carbons (Fsp3) is 0.258. The molecular weight excluding hydrogens is 482 g/mol. The first-order chi connectivity index (χ1) is 18.3. The lowest BCUT2D eigenvalue weighted by atomic mass is 9.95. The molecule has 1 aliphatic rings. The van der Waals surface area contributed by atoms with Crippen molar-refractivity contribution >= 4 is 29.1 Å². The first-order valence-electron chi connectivity index (χ1n) is 12.6. The summed E-state index contributed by atoms with van der Waals surface area (Å²) in [5.74, 6) is -1.26. The smallest absolute Gasteiger partial charge is 0.310 e. The van der Waals surface area contributed by atoms with Gasteiger partial charge in [0, 0.05) is 11.3 Å². The van der Waals surface area contributed by atoms with Crippen LogP contribution in [0.5, 0.6) is 5.75 Å². The van der Waals surface area contributed by atoms with E-state index < -0.39 is 17.7 Å². The van der Waals surface area contributed by atoms with E-state index in [0.29, 0.717) is 41.7 Å². The second kappa shape index (κ2) is 11.8. The first-order valence-corrected chi connectivity index (χ1v) is 12.6. The van der Waals surface area contributed by atoms with Crippen LogP contribution in [0.15, 0.2) is 84.4 Å². The van der Waals surface area contributed by atoms with Gasteiger partial charge in [0.2, 0.25) is 0 Å². The van der Waals surface area contributed by atoms with Gasteiger partial charge in [0.1, 0.15) is 11.5 Å². The van der Waals surface area contributed by atoms with Crippen LogP contribution in [-0.4, -0.2) is 36.0 Å². The summed E-state index contributed by atoms with van der Waals surface area (Å²) in [4.78, 5) is 40.0. The first kappa shape index (κ1) is 26.7. The van der Waals surface area contributed by atoms with Crippen LogP contribution in [0.3, 0.4) is 0 Å². The highest BCUT2D eigenvalue weighted by Gasteiger charge is 2.46. The van der Waals surface area contributed by atoms with Crippen molar-refractivity contribution in [1.82, 2.24) is 0 Å². The van der Waals surface area contributed by atoms with Crippen LogP contribution in [0.2, 0.25) is 0 Å². The summed E-state index contributed by atoms with van der Waals surface area (Å²) in [5, 5.41) is 11.4. The fourth-order valence-electron chi connectivity index (χ4n) is 4.35. The van der Waals surface area contributed by atoms with E-state index in [1.807, 2.05) is 44.2 Å². The molecule has 0 saturated carbocycles. The summed E-state index contributed by atoms with van der Waals surface area (Å²) in [6.07, 6.45) is 0.101. The zero-order chi connectivity index (χ0) is 27.2. The standard InChI is InChI=1S/C31H31NO6/c1-4-37-26(33)17-21-13-15-24(16-14-21)32-28(22-9-6-5-7-10-22)27(30(35)31(32)36)29(34)23-11-8-12-25(18-23)38-19-20(2)3/h5-16,18,20,28,34H,4,17,19H2,1-3H3/b29-27-. The van der Waals surface area contributed by atoms with Crippen LogP contribution in [-0.2, 0) is 25.5 Å². The third kappa shape index (κ3) is 5.78. The molecular formula is C31H31NO6. The van der Waals surface area contributed by atoms with Crippen molar-refractivity contribution in [3.05, 3.63) is 101 Å². The highest BCUT2D eigenvalue weighted by Crippen LogP contribution is 2.42. The maximum Gasteiger partial charge on any atom is 0.310 e. The number of anilines is 1. The minimum Gasteiger partial charge on any atom is -0.507 e. The molecule has 1 heterocycles. The summed E-state index contributed by atoms with van der Waals surface area (Å²) < 4.78 is 10.8. The number of aliphatic hydroxyl groups excluding tert-OH is 1. The minimum atomic E-state index is -0.840. The normalized spacial score (nSPS) is 16.6. The second-order valence-electron chi connectivity index (χ2n) is 9.46. The lowest BCUT2D eigenvalue weighted by molar-refractivity contribution is -0.142. The molecule has 1 unspecified atom stereocenters. The predicted octanol–water partition coefficient (Wildman–Crippen LogP) is 5.45. The predicted molar refractivity (Wildman–Crippen MR) is 145 cm³/mol. The average molecular weight is 514 g/mol. The monoisotopic (exact) mass is 513 g/mol. The van der Waals surface area contributed by atoms with Crippen LogP contribution in [0, 0.1) is 5.92 Å². The Morgan fingerprint density at radius 1 is 0.974 bits per heavy atom. The Labute approximate surface area is 222 Å². The minimum absolute atomic E-state index is 0.00203. The van der Waals surface area contributed by atoms with E-state index in [1.165, 1.54) is 4.90 Å². The van der Waals surface area contributed by atoms with Gasteiger partial charge >= 0.3 is 5.97 Å². The number of esters is 1. The second-order valence-corrected chi connectivity index (χ2v) is 9.46. The number of carbonyl (C=O) groups is 3. The van der Waals surface area contributed by atoms with E-state index >= 15 is 0 Å². The number of amides is 1. The van der Waals surface area contributed by atoms with Crippen LogP contribution >= 0.6 is 0 Å². The number of benzene rings is 3. The van der Waals surface area contributed by atoms with Crippen molar-refractivity contribution in [1.29, 1.82) is 0 Å². The molecule has 0 aromatic heterocycles. The van der Waals surface area contributed by atoms with Gasteiger partial charge in [-0.05, 0) is 48.2 Å². The Bertz CT molecular complexity index is 1340. The molecule has 1 atom stereocenters. The van der Waals surface area contributed by atoms with Crippen LogP contribution in [0.1, 0.15) is 43.5 Å². The summed E-state index contributed by atoms with van der Waals surface area (Å²) in [7, 11) is 0. The fourth-order valence-corrected chi connectivity index (χ4v) is 4.35. The van der Waals surface area contributed by atoms with E-state index in [4.69, 9.17) is 9.47 Å². The van der Waals surface area contributed by atoms with Gasteiger partial charge in [-0.15, -0.1) is 0 Å². The number of carbonyl (C=O) groups excluding carboxylic acids is 3. The maximum absolute atomic E-state index is 13.4. The molecule has 3 aromatic rings. The molecule has 7 heteroatoms. The topological polar surface area (TPSA) is 93.1 Å². The van der Waals surface area contributed by atoms with Gasteiger partial charge in [-0.2, -0.15) is 0 Å². The molecule has 7 nitrogen and oxygen atoms in total. The molecule has 1 fully saturated rings. The molecule has 0 bridgehead atoms. The summed E-state index contributed by atoms with van der Waals surface area (Å²) in [5.41, 5.74) is 2.25. The van der Waals surface area contributed by atoms with Gasteiger partial charge in [-0.1, -0.05) is 68.4 Å². The number of nitrogens with zero attached hydrogens (tertiary/aromatic N) is 1. The molecule has 1 saturated heterocycles. The number of hydrogen-bond donors (Lipinski definition) is 1. The van der Waals surface area contributed by atoms with Crippen molar-refractivity contribution in [2.75, 3.05) is 18.1 Å². The van der Waals surface area contributed by atoms with E-state index in [0.717, 1.165) is 5.56 Å². The molecule has 1 amide bonds. The molecule has 0 radical (unpaired) electrons. The van der Waals surface area contributed by atoms with E-state index in [2.05, 4.69) is 0 Å². The number of hydrogen-bond acceptors (Lipinski definition) is 6. The van der Waals surface area contributed by atoms with E-state index in [1.54, 1.807) is 55.5 Å². The molecule has 196 valence electrons. The van der Waals surface area contributed by atoms with Crippen molar-refractivity contribution in [2.24, 2.45) is 5.92 Å². The number of Topliss-reactive ketones (excluding diaryl/α,β-unsaturated/α-hetero) is 1. The average Bonchev–Trinajstić information content (AvgIpc) is 3.18. The van der Waals surface area contributed by atoms with Gasteiger partial charge in [0.15, 0.2) is 0 Å². The van der Waals surface area contributed by atoms with Gasteiger partial charge in [-0.25, -0.2) is 0 Å². The summed E-state index contributed by atoms with van der Waals surface area (Å²) in [6, 6.07) is 22.0. The Kier molecular flexibility index (Phi) is 8.26. The largest absolute Gasteiger partial charge is 0.507 e. The van der Waals surface area contributed by atoms with Gasteiger partial charge in [-0.3, -0.25) is 19.3 Å². The third-order valence-electron chi connectivity index (χ3n) is 6.12. The Hall–Kier alpha value is -4.39. The van der Waals surface area contributed by atoms with Crippen LogP contribution < -0.4 is 9.64 Å². The van der Waals surface area contributed by atoms with E-state index in [9.17, 15) is 19.5 Å². The third-order valence-corrected chi connectivity index (χ3v) is 6.12. The maximum atomic E-state index is 13.4. The van der Waals surface area contributed by atoms with Gasteiger partial charge in [0.05, 0.1) is 31.2 Å². The molecule has 0 spiro atoms. The Morgan fingerprint density at radius 3 is 2.34 bits per heavy atom.